The van der Waals surface area contributed by atoms with Crippen molar-refractivity contribution in [3.8, 4) is 0 Å². The maximum absolute atomic E-state index is 12.1. The van der Waals surface area contributed by atoms with Gasteiger partial charge in [-0.25, -0.2) is 0 Å². The first-order valence-electron chi connectivity index (χ1n) is 6.54. The molecule has 2 heterocycles. The number of carbonyl (C=O) groups is 2. The third-order valence-electron chi connectivity index (χ3n) is 3.35. The second-order valence-corrected chi connectivity index (χ2v) is 5.06. The lowest BCUT2D eigenvalue weighted by molar-refractivity contribution is -0.130. The summed E-state index contributed by atoms with van der Waals surface area (Å²) >= 11 is 0. The smallest absolute Gasteiger partial charge is 0.231 e. The molecule has 20 heavy (non-hydrogen) atoms. The van der Waals surface area contributed by atoms with Crippen LogP contribution >= 0.6 is 0 Å². The van der Waals surface area contributed by atoms with Crippen LogP contribution in [0.25, 0.3) is 0 Å². The number of amides is 2. The van der Waals surface area contributed by atoms with Crippen molar-refractivity contribution in [2.24, 2.45) is 5.92 Å². The fraction of sp³-hybridized carbons (Fsp3) is 0.615. The Balaban J connectivity index is 1.94. The number of methoxy groups -OCH3 is 1. The van der Waals surface area contributed by atoms with Crippen LogP contribution in [0.4, 0.5) is 5.82 Å². The van der Waals surface area contributed by atoms with Gasteiger partial charge in [0, 0.05) is 26.1 Å². The number of aromatic nitrogens is 1. The largest absolute Gasteiger partial charge is 0.383 e. The van der Waals surface area contributed by atoms with Gasteiger partial charge in [-0.3, -0.25) is 9.59 Å². The Labute approximate surface area is 117 Å². The van der Waals surface area contributed by atoms with Crippen LogP contribution in [-0.4, -0.2) is 48.2 Å². The number of ether oxygens (including phenoxy) is 1. The van der Waals surface area contributed by atoms with Crippen LogP contribution in [0.5, 0.6) is 0 Å². The number of likely N-dealkylation sites (tertiary alicyclic amines) is 1. The first-order valence-corrected chi connectivity index (χ1v) is 6.54. The zero-order valence-electron chi connectivity index (χ0n) is 11.9. The number of aryl methyl sites for hydroxylation is 1. The van der Waals surface area contributed by atoms with E-state index in [0.717, 1.165) is 0 Å². The van der Waals surface area contributed by atoms with E-state index in [1.807, 2.05) is 6.92 Å². The van der Waals surface area contributed by atoms with Crippen molar-refractivity contribution < 1.29 is 18.8 Å². The normalized spacial score (nSPS) is 20.2. The van der Waals surface area contributed by atoms with Gasteiger partial charge in [0.05, 0.1) is 18.6 Å². The Morgan fingerprint density at radius 2 is 2.45 bits per heavy atom. The molecule has 1 aliphatic rings. The van der Waals surface area contributed by atoms with Crippen molar-refractivity contribution in [2.45, 2.75) is 26.3 Å². The molecular weight excluding hydrogens is 262 g/mol. The van der Waals surface area contributed by atoms with Crippen LogP contribution in [0.2, 0.25) is 0 Å². The average Bonchev–Trinajstić information content (AvgIpc) is 2.96. The molecule has 2 atom stereocenters. The maximum Gasteiger partial charge on any atom is 0.231 e. The van der Waals surface area contributed by atoms with Gasteiger partial charge in [-0.1, -0.05) is 5.16 Å². The summed E-state index contributed by atoms with van der Waals surface area (Å²) in [6.07, 6.45) is 0.219. The van der Waals surface area contributed by atoms with Gasteiger partial charge in [-0.15, -0.1) is 0 Å². The van der Waals surface area contributed by atoms with Gasteiger partial charge < -0.3 is 19.5 Å². The predicted molar refractivity (Wildman–Crippen MR) is 71.0 cm³/mol. The molecule has 0 aliphatic carbocycles. The highest BCUT2D eigenvalue weighted by molar-refractivity contribution is 5.96. The summed E-state index contributed by atoms with van der Waals surface area (Å²) in [5, 5.41) is 6.37. The van der Waals surface area contributed by atoms with E-state index >= 15 is 0 Å². The Morgan fingerprint density at radius 1 is 1.70 bits per heavy atom. The Kier molecular flexibility index (Phi) is 4.39. The number of hydrogen-bond acceptors (Lipinski definition) is 5. The first kappa shape index (κ1) is 14.5. The summed E-state index contributed by atoms with van der Waals surface area (Å²) in [5.74, 6) is 0.407. The van der Waals surface area contributed by atoms with E-state index in [4.69, 9.17) is 9.26 Å². The molecule has 0 radical (unpaired) electrons. The molecule has 0 unspecified atom stereocenters. The Hall–Kier alpha value is -1.89. The summed E-state index contributed by atoms with van der Waals surface area (Å²) in [7, 11) is 1.59. The van der Waals surface area contributed by atoms with E-state index in [1.54, 1.807) is 25.0 Å². The number of carbonyl (C=O) groups excluding carboxylic acids is 2. The monoisotopic (exact) mass is 281 g/mol. The molecule has 110 valence electrons. The minimum Gasteiger partial charge on any atom is -0.383 e. The molecule has 1 aromatic heterocycles. The highest BCUT2D eigenvalue weighted by atomic mass is 16.5. The van der Waals surface area contributed by atoms with Crippen molar-refractivity contribution in [2.75, 3.05) is 25.6 Å². The Morgan fingerprint density at radius 3 is 3.05 bits per heavy atom. The third kappa shape index (κ3) is 3.16. The van der Waals surface area contributed by atoms with Crippen LogP contribution in [-0.2, 0) is 14.3 Å². The van der Waals surface area contributed by atoms with Gasteiger partial charge in [0.15, 0.2) is 5.82 Å². The molecule has 1 aromatic rings. The second kappa shape index (κ2) is 6.04. The van der Waals surface area contributed by atoms with Crippen molar-refractivity contribution in [1.29, 1.82) is 0 Å². The van der Waals surface area contributed by atoms with Gasteiger partial charge in [0.2, 0.25) is 11.8 Å². The molecule has 1 saturated heterocycles. The molecule has 0 bridgehead atoms. The van der Waals surface area contributed by atoms with E-state index in [1.165, 1.54) is 0 Å². The summed E-state index contributed by atoms with van der Waals surface area (Å²) in [4.78, 5) is 25.7. The number of nitrogens with zero attached hydrogens (tertiary/aromatic N) is 2. The number of hydrogen-bond donors (Lipinski definition) is 1. The van der Waals surface area contributed by atoms with Gasteiger partial charge in [-0.2, -0.15) is 0 Å². The molecule has 1 aliphatic heterocycles. The van der Waals surface area contributed by atoms with Gasteiger partial charge >= 0.3 is 0 Å². The van der Waals surface area contributed by atoms with Crippen LogP contribution in [0, 0.1) is 12.8 Å². The number of anilines is 1. The van der Waals surface area contributed by atoms with Crippen molar-refractivity contribution in [3.63, 3.8) is 0 Å². The van der Waals surface area contributed by atoms with E-state index in [-0.39, 0.29) is 30.2 Å². The summed E-state index contributed by atoms with van der Waals surface area (Å²) < 4.78 is 9.92. The minimum atomic E-state index is -0.362. The zero-order chi connectivity index (χ0) is 14.7. The quantitative estimate of drug-likeness (QED) is 0.863. The van der Waals surface area contributed by atoms with E-state index in [0.29, 0.717) is 24.7 Å². The lowest BCUT2D eigenvalue weighted by atomic mass is 10.1. The van der Waals surface area contributed by atoms with Crippen molar-refractivity contribution in [3.05, 3.63) is 11.8 Å². The van der Waals surface area contributed by atoms with Crippen LogP contribution in [0.3, 0.4) is 0 Å². The molecule has 0 saturated carbocycles. The first-order chi connectivity index (χ1) is 9.51. The zero-order valence-corrected chi connectivity index (χ0v) is 11.9. The lowest BCUT2D eigenvalue weighted by Crippen LogP contribution is -2.38. The lowest BCUT2D eigenvalue weighted by Gasteiger charge is -2.23. The number of rotatable bonds is 5. The molecule has 7 heteroatoms. The molecule has 7 nitrogen and oxygen atoms in total. The molecule has 2 rings (SSSR count). The van der Waals surface area contributed by atoms with E-state index in [9.17, 15) is 9.59 Å². The van der Waals surface area contributed by atoms with Gasteiger partial charge in [0.25, 0.3) is 0 Å². The van der Waals surface area contributed by atoms with Crippen molar-refractivity contribution >= 4 is 17.6 Å². The molecule has 1 fully saturated rings. The topological polar surface area (TPSA) is 84.7 Å². The maximum atomic E-state index is 12.1. The molecular formula is C13H19N3O4. The fourth-order valence-corrected chi connectivity index (χ4v) is 2.32. The van der Waals surface area contributed by atoms with E-state index < -0.39 is 0 Å². The molecule has 2 amide bonds. The SMILES string of the molecule is COC[C@H](C)N1C[C@H](C(=O)Nc2cc(C)on2)CC1=O. The van der Waals surface area contributed by atoms with Gasteiger partial charge in [-0.05, 0) is 13.8 Å². The highest BCUT2D eigenvalue weighted by Gasteiger charge is 2.36. The minimum absolute atomic E-state index is 0.0222. The Bertz CT molecular complexity index is 500. The number of nitrogens with one attached hydrogen (secondary N) is 1. The fourth-order valence-electron chi connectivity index (χ4n) is 2.32. The van der Waals surface area contributed by atoms with Gasteiger partial charge in [0.1, 0.15) is 5.76 Å². The molecule has 0 aromatic carbocycles. The predicted octanol–water partition coefficient (Wildman–Crippen LogP) is 0.805. The third-order valence-corrected chi connectivity index (χ3v) is 3.35. The van der Waals surface area contributed by atoms with E-state index in [2.05, 4.69) is 10.5 Å². The second-order valence-electron chi connectivity index (χ2n) is 5.06. The summed E-state index contributed by atoms with van der Waals surface area (Å²) in [6.45, 7) is 4.52. The highest BCUT2D eigenvalue weighted by Crippen LogP contribution is 2.22. The summed E-state index contributed by atoms with van der Waals surface area (Å²) in [6, 6.07) is 1.61. The van der Waals surface area contributed by atoms with Crippen molar-refractivity contribution in [1.82, 2.24) is 10.1 Å². The average molecular weight is 281 g/mol. The molecule has 0 spiro atoms. The van der Waals surface area contributed by atoms with Crippen LogP contribution in [0.15, 0.2) is 10.6 Å². The standard InChI is InChI=1S/C13H19N3O4/c1-8(7-19-3)16-6-10(5-12(16)17)13(18)14-11-4-9(2)20-15-11/h4,8,10H,5-7H2,1-3H3,(H,14,15,18)/t8-,10+/m0/s1. The summed E-state index contributed by atoms with van der Waals surface area (Å²) in [5.41, 5.74) is 0. The molecule has 1 N–H and O–H groups in total. The van der Waals surface area contributed by atoms with Crippen LogP contribution < -0.4 is 5.32 Å². The van der Waals surface area contributed by atoms with Crippen LogP contribution in [0.1, 0.15) is 19.1 Å².